The van der Waals surface area contributed by atoms with Crippen molar-refractivity contribution in [3.05, 3.63) is 182 Å². The highest BCUT2D eigenvalue weighted by atomic mass is 32.1. The second-order valence-electron chi connectivity index (χ2n) is 13.3. The molecule has 0 saturated carbocycles. The van der Waals surface area contributed by atoms with Crippen molar-refractivity contribution < 1.29 is 23.6 Å². The van der Waals surface area contributed by atoms with Crippen LogP contribution in [0.1, 0.15) is 19.2 Å². The Bertz CT molecular complexity index is 4320. The van der Waals surface area contributed by atoms with E-state index < -0.39 is 77.8 Å². The van der Waals surface area contributed by atoms with Gasteiger partial charge in [-0.1, -0.05) is 133 Å². The summed E-state index contributed by atoms with van der Waals surface area (Å²) in [6.45, 7) is 0. The summed E-state index contributed by atoms with van der Waals surface area (Å²) in [5, 5.41) is 1.81. The quantitative estimate of drug-likeness (QED) is 0.175. The lowest BCUT2D eigenvalue weighted by atomic mass is 9.99. The van der Waals surface area contributed by atoms with Crippen LogP contribution in [0.25, 0.3) is 115 Å². The maximum absolute atomic E-state index is 9.68. The van der Waals surface area contributed by atoms with Crippen molar-refractivity contribution in [1.82, 2.24) is 19.5 Å². The monoisotopic (exact) mass is 760 g/mol. The van der Waals surface area contributed by atoms with Crippen LogP contribution in [0, 0.1) is 0 Å². The van der Waals surface area contributed by atoms with Crippen molar-refractivity contribution >= 4 is 75.3 Å². The Balaban J connectivity index is 1.23. The third kappa shape index (κ3) is 5.04. The molecule has 0 fully saturated rings. The fourth-order valence-electron chi connectivity index (χ4n) is 7.55. The lowest BCUT2D eigenvalue weighted by molar-refractivity contribution is 0.669. The molecule has 0 amide bonds. The van der Waals surface area contributed by atoms with Crippen molar-refractivity contribution in [3.63, 3.8) is 0 Å². The fraction of sp³-hybridized carbons (Fsp3) is 0. The lowest BCUT2D eigenvalue weighted by Crippen LogP contribution is -2.06. The number of fused-ring (bicyclic) bond motifs is 10. The minimum Gasteiger partial charge on any atom is -0.456 e. The van der Waals surface area contributed by atoms with Crippen LogP contribution in [-0.4, -0.2) is 19.5 Å². The number of hydrogen-bond acceptors (Lipinski definition) is 5. The molecule has 0 unspecified atom stereocenters. The zero-order valence-electron chi connectivity index (χ0n) is 43.3. The van der Waals surface area contributed by atoms with Crippen molar-refractivity contribution in [2.45, 2.75) is 0 Å². The van der Waals surface area contributed by atoms with Crippen LogP contribution in [0.3, 0.4) is 0 Å². The van der Waals surface area contributed by atoms with Crippen LogP contribution in [0.15, 0.2) is 186 Å². The predicted molar refractivity (Wildman–Crippen MR) is 236 cm³/mol. The number of aromatic nitrogens is 4. The summed E-state index contributed by atoms with van der Waals surface area (Å²) in [4.78, 5) is 14.4. The SMILES string of the molecule is [2H]c1c([2H])c([2H])c(-c2nc(-c3ccc4c(c3)oc3cccc(-c5ccccc5)c34)nc(-n3c4c([2H])c([2H])c([2H])c([2H])c4c4c5c(sc6c([2H])c([2H])c(-c7ccccc7)c([2H])c65)c([2H])c([2H])c43)n2)c([2H])c1[2H]. The number of furan rings is 1. The molecule has 0 saturated heterocycles. The summed E-state index contributed by atoms with van der Waals surface area (Å²) in [7, 11) is 0. The highest BCUT2D eigenvalue weighted by Gasteiger charge is 2.22. The van der Waals surface area contributed by atoms with Gasteiger partial charge in [0, 0.05) is 52.8 Å². The Morgan fingerprint density at radius 3 is 2.07 bits per heavy atom. The van der Waals surface area contributed by atoms with Gasteiger partial charge >= 0.3 is 0 Å². The zero-order valence-corrected chi connectivity index (χ0v) is 30.2. The number of nitrogens with zero attached hydrogens (tertiary/aromatic N) is 4. The zero-order chi connectivity index (χ0) is 49.6. The Morgan fingerprint density at radius 2 is 1.23 bits per heavy atom. The minimum absolute atomic E-state index is 0.0307. The molecule has 0 bridgehead atoms. The van der Waals surface area contributed by atoms with Gasteiger partial charge in [-0.2, -0.15) is 9.97 Å². The number of benzene rings is 8. The van der Waals surface area contributed by atoms with Crippen molar-refractivity contribution in [2.75, 3.05) is 0 Å². The number of thiophene rings is 1. The largest absolute Gasteiger partial charge is 0.456 e. The molecule has 8 aromatic carbocycles. The van der Waals surface area contributed by atoms with Crippen LogP contribution < -0.4 is 0 Å². The smallest absolute Gasteiger partial charge is 0.238 e. The first-order valence-electron chi connectivity index (χ1n) is 24.9. The number of para-hydroxylation sites is 1. The van der Waals surface area contributed by atoms with Crippen LogP contribution >= 0.6 is 11.3 Å². The van der Waals surface area contributed by atoms with Crippen LogP contribution in [0.4, 0.5) is 0 Å². The average Bonchev–Trinajstić information content (AvgIpc) is 4.08. The van der Waals surface area contributed by atoms with E-state index in [9.17, 15) is 8.22 Å². The summed E-state index contributed by atoms with van der Waals surface area (Å²) < 4.78 is 135. The third-order valence-corrected chi connectivity index (χ3v) is 11.1. The first-order chi connectivity index (χ1) is 34.1. The Kier molecular flexibility index (Phi) is 4.64. The van der Waals surface area contributed by atoms with Gasteiger partial charge in [0.25, 0.3) is 0 Å². The summed E-state index contributed by atoms with van der Waals surface area (Å²) >= 11 is 0.936. The van der Waals surface area contributed by atoms with Gasteiger partial charge < -0.3 is 4.42 Å². The third-order valence-electron chi connectivity index (χ3n) is 10.1. The highest BCUT2D eigenvalue weighted by molar-refractivity contribution is 7.26. The molecule has 0 radical (unpaired) electrons. The van der Waals surface area contributed by atoms with E-state index in [2.05, 4.69) is 0 Å². The van der Waals surface area contributed by atoms with Crippen LogP contribution in [-0.2, 0) is 0 Å². The van der Waals surface area contributed by atoms with E-state index in [1.807, 2.05) is 54.6 Å². The van der Waals surface area contributed by atoms with Crippen molar-refractivity contribution in [1.29, 1.82) is 0 Å². The standard InChI is InChI=1S/C51H30N4OS/c1-4-13-31(14-5-1)34-24-27-44-39(29-34)48-45(57-44)28-26-41-47(48)37-19-10-11-21-40(37)55(41)51-53-49(33-17-8-3-9-18-33)52-50(54-51)35-23-25-38-43(30-35)56-42-22-12-20-36(46(38)42)32-15-6-2-7-16-32/h1-30H/i3D,8D,9D,10D,11D,17D,18D,19D,21D,24D,26D,27D,28D,29D. The van der Waals surface area contributed by atoms with Gasteiger partial charge in [0.15, 0.2) is 11.6 Å². The minimum atomic E-state index is -0.668. The molecular weight excluding hydrogens is 717 g/mol. The molecule has 266 valence electrons. The summed E-state index contributed by atoms with van der Waals surface area (Å²) in [6.07, 6.45) is 0. The van der Waals surface area contributed by atoms with Gasteiger partial charge in [0.2, 0.25) is 5.95 Å². The molecule has 4 aromatic heterocycles. The first-order valence-corrected chi connectivity index (χ1v) is 18.7. The molecule has 6 heteroatoms. The van der Waals surface area contributed by atoms with Gasteiger partial charge in [-0.25, -0.2) is 4.98 Å². The summed E-state index contributed by atoms with van der Waals surface area (Å²) in [6, 6.07) is 22.3. The topological polar surface area (TPSA) is 56.7 Å². The first kappa shape index (κ1) is 21.0. The van der Waals surface area contributed by atoms with Gasteiger partial charge in [-0.15, -0.1) is 11.3 Å². The molecule has 5 nitrogen and oxygen atoms in total. The Hall–Kier alpha value is -7.41. The second kappa shape index (κ2) is 12.6. The Morgan fingerprint density at radius 1 is 0.474 bits per heavy atom. The molecular formula is C51H30N4OS. The van der Waals surface area contributed by atoms with Crippen LogP contribution in [0.2, 0.25) is 0 Å². The maximum atomic E-state index is 9.68. The number of rotatable bonds is 5. The molecule has 0 atom stereocenters. The van der Waals surface area contributed by atoms with E-state index in [-0.39, 0.29) is 77.5 Å². The molecule has 57 heavy (non-hydrogen) atoms. The van der Waals surface area contributed by atoms with Crippen LogP contribution in [0.5, 0.6) is 0 Å². The summed E-state index contributed by atoms with van der Waals surface area (Å²) in [5.41, 5.74) is 3.05. The molecule has 0 aliphatic rings. The second-order valence-corrected chi connectivity index (χ2v) is 14.3. The molecule has 0 aliphatic heterocycles. The van der Waals surface area contributed by atoms with E-state index in [4.69, 9.17) is 30.3 Å². The molecule has 12 rings (SSSR count). The van der Waals surface area contributed by atoms with E-state index in [0.717, 1.165) is 33.2 Å². The van der Waals surface area contributed by atoms with Crippen molar-refractivity contribution in [2.24, 2.45) is 0 Å². The molecule has 0 N–H and O–H groups in total. The summed E-state index contributed by atoms with van der Waals surface area (Å²) in [5.74, 6) is -0.910. The average molecular weight is 761 g/mol. The maximum Gasteiger partial charge on any atom is 0.238 e. The van der Waals surface area contributed by atoms with Crippen molar-refractivity contribution in [3.8, 4) is 51.0 Å². The normalized spacial score (nSPS) is 15.3. The number of hydrogen-bond donors (Lipinski definition) is 0. The predicted octanol–water partition coefficient (Wildman–Crippen LogP) is 13.9. The molecule has 12 aromatic rings. The fourth-order valence-corrected chi connectivity index (χ4v) is 8.52. The van der Waals surface area contributed by atoms with Gasteiger partial charge in [0.1, 0.15) is 11.2 Å². The molecule has 0 spiro atoms. The van der Waals surface area contributed by atoms with Gasteiger partial charge in [0.05, 0.1) is 30.2 Å². The van der Waals surface area contributed by atoms with Gasteiger partial charge in [-0.05, 0) is 70.7 Å². The van der Waals surface area contributed by atoms with E-state index in [1.165, 1.54) is 4.57 Å². The molecule has 0 aliphatic carbocycles. The molecule has 4 heterocycles. The lowest BCUT2D eigenvalue weighted by Gasteiger charge is -2.11. The van der Waals surface area contributed by atoms with E-state index >= 15 is 0 Å². The Labute approximate surface area is 350 Å². The highest BCUT2D eigenvalue weighted by Crippen LogP contribution is 2.45. The van der Waals surface area contributed by atoms with E-state index in [1.54, 1.807) is 42.5 Å². The van der Waals surface area contributed by atoms with E-state index in [0.29, 0.717) is 22.3 Å². The van der Waals surface area contributed by atoms with Gasteiger partial charge in [-0.3, -0.25) is 4.57 Å².